The molecule has 2 aliphatic rings. The van der Waals surface area contributed by atoms with E-state index in [1.54, 1.807) is 0 Å². The van der Waals surface area contributed by atoms with Crippen molar-refractivity contribution >= 4 is 40.9 Å². The summed E-state index contributed by atoms with van der Waals surface area (Å²) in [5.74, 6) is 0.106. The zero-order chi connectivity index (χ0) is 23.4. The lowest BCUT2D eigenvalue weighted by molar-refractivity contribution is -0.00640. The van der Waals surface area contributed by atoms with E-state index in [2.05, 4.69) is 22.9 Å². The Bertz CT molecular complexity index is 950. The van der Waals surface area contributed by atoms with Crippen LogP contribution in [0.4, 0.5) is 0 Å². The lowest BCUT2D eigenvalue weighted by Crippen LogP contribution is -2.51. The van der Waals surface area contributed by atoms with Gasteiger partial charge in [-0.1, -0.05) is 65.5 Å². The highest BCUT2D eigenvalue weighted by Crippen LogP contribution is 2.43. The van der Waals surface area contributed by atoms with E-state index >= 15 is 0 Å². The van der Waals surface area contributed by atoms with Gasteiger partial charge < -0.3 is 14.9 Å². The Morgan fingerprint density at radius 3 is 2.30 bits per heavy atom. The van der Waals surface area contributed by atoms with Crippen LogP contribution < -0.4 is 0 Å². The molecule has 33 heavy (non-hydrogen) atoms. The smallest absolute Gasteiger partial charge is 0.0941 e. The molecule has 0 amide bonds. The van der Waals surface area contributed by atoms with Crippen LogP contribution in [0.5, 0.6) is 0 Å². The summed E-state index contributed by atoms with van der Waals surface area (Å²) in [4.78, 5) is 4.88. The molecule has 1 aliphatic heterocycles. The van der Waals surface area contributed by atoms with Crippen molar-refractivity contribution in [3.63, 3.8) is 0 Å². The Hall–Kier alpha value is -1.07. The van der Waals surface area contributed by atoms with Gasteiger partial charge in [0, 0.05) is 60.1 Å². The highest BCUT2D eigenvalue weighted by atomic mass is 35.5. The van der Waals surface area contributed by atoms with E-state index in [-0.39, 0.29) is 5.92 Å². The molecule has 1 saturated heterocycles. The number of hydrogen-bond acceptors (Lipinski definition) is 3. The fourth-order valence-electron chi connectivity index (χ4n) is 5.19. The van der Waals surface area contributed by atoms with E-state index in [9.17, 15) is 5.11 Å². The lowest BCUT2D eigenvalue weighted by Gasteiger charge is -2.42. The third kappa shape index (κ3) is 6.14. The minimum Gasteiger partial charge on any atom is -0.385 e. The van der Waals surface area contributed by atoms with Crippen LogP contribution in [0, 0.1) is 5.92 Å². The van der Waals surface area contributed by atoms with Gasteiger partial charge in [-0.2, -0.15) is 0 Å². The van der Waals surface area contributed by atoms with Gasteiger partial charge in [0.05, 0.1) is 5.60 Å². The molecule has 0 bridgehead atoms. The summed E-state index contributed by atoms with van der Waals surface area (Å²) in [5.41, 5.74) is 1.93. The number of rotatable bonds is 5. The molecule has 6 heteroatoms. The van der Waals surface area contributed by atoms with Crippen molar-refractivity contribution in [3.05, 3.63) is 74.2 Å². The molecule has 1 saturated carbocycles. The number of likely N-dealkylation sites (N-methyl/N-ethyl adjacent to an activating group) is 1. The van der Waals surface area contributed by atoms with Gasteiger partial charge in [0.2, 0.25) is 0 Å². The van der Waals surface area contributed by atoms with Gasteiger partial charge in [-0.3, -0.25) is 0 Å². The van der Waals surface area contributed by atoms with Gasteiger partial charge in [-0.05, 0) is 67.3 Å². The summed E-state index contributed by atoms with van der Waals surface area (Å²) < 4.78 is 0. The van der Waals surface area contributed by atoms with E-state index in [1.807, 2.05) is 42.5 Å². The van der Waals surface area contributed by atoms with Crippen LogP contribution in [0.3, 0.4) is 0 Å². The minimum atomic E-state index is -1.02. The molecule has 4 rings (SSSR count). The first-order valence-corrected chi connectivity index (χ1v) is 13.0. The van der Waals surface area contributed by atoms with Crippen molar-refractivity contribution in [3.8, 4) is 0 Å². The molecule has 2 aromatic rings. The molecule has 0 spiro atoms. The van der Waals surface area contributed by atoms with Gasteiger partial charge in [0.15, 0.2) is 0 Å². The van der Waals surface area contributed by atoms with E-state index < -0.39 is 5.60 Å². The van der Waals surface area contributed by atoms with Gasteiger partial charge in [0.25, 0.3) is 0 Å². The van der Waals surface area contributed by atoms with E-state index in [0.717, 1.165) is 75.1 Å². The molecule has 1 heterocycles. The Balaban J connectivity index is 1.72. The molecule has 178 valence electrons. The second kappa shape index (κ2) is 11.1. The van der Waals surface area contributed by atoms with Crippen LogP contribution in [0.1, 0.15) is 36.8 Å². The lowest BCUT2D eigenvalue weighted by atomic mass is 9.74. The monoisotopic (exact) mass is 506 g/mol. The van der Waals surface area contributed by atoms with Crippen LogP contribution in [0.2, 0.25) is 15.1 Å². The van der Waals surface area contributed by atoms with Crippen LogP contribution in [0.15, 0.2) is 48.0 Å². The van der Waals surface area contributed by atoms with Crippen molar-refractivity contribution in [2.75, 3.05) is 39.8 Å². The molecule has 1 N–H and O–H groups in total. The molecule has 2 unspecified atom stereocenters. The first-order chi connectivity index (χ1) is 15.8. The normalized spacial score (nSPS) is 26.5. The van der Waals surface area contributed by atoms with Crippen molar-refractivity contribution in [2.24, 2.45) is 5.92 Å². The van der Waals surface area contributed by atoms with E-state index in [4.69, 9.17) is 34.8 Å². The maximum atomic E-state index is 12.5. The van der Waals surface area contributed by atoms with Crippen molar-refractivity contribution in [1.29, 1.82) is 0 Å². The summed E-state index contributed by atoms with van der Waals surface area (Å²) in [6, 6.07) is 13.4. The molecular weight excluding hydrogens is 475 g/mol. The highest BCUT2D eigenvalue weighted by molar-refractivity contribution is 6.36. The summed E-state index contributed by atoms with van der Waals surface area (Å²) in [5, 5.41) is 14.5. The Morgan fingerprint density at radius 1 is 0.970 bits per heavy atom. The van der Waals surface area contributed by atoms with E-state index in [1.165, 1.54) is 0 Å². The van der Waals surface area contributed by atoms with E-state index in [0.29, 0.717) is 21.5 Å². The van der Waals surface area contributed by atoms with Gasteiger partial charge >= 0.3 is 0 Å². The first kappa shape index (κ1) is 25.0. The van der Waals surface area contributed by atoms with Crippen molar-refractivity contribution < 1.29 is 5.11 Å². The van der Waals surface area contributed by atoms with Gasteiger partial charge in [-0.15, -0.1) is 0 Å². The van der Waals surface area contributed by atoms with Gasteiger partial charge in [0.1, 0.15) is 0 Å². The SMILES string of the molecule is CN1CCN(CC2CCCCC(=Cc3ccc(Cl)cc3)C2(O)Cc2c(Cl)cccc2Cl)CC1. The quantitative estimate of drug-likeness (QED) is 0.472. The predicted octanol–water partition coefficient (Wildman–Crippen LogP) is 6.44. The standard InChI is InChI=1S/C27H33Cl3N2O/c1-31-13-15-32(16-14-31)19-22-6-3-2-5-21(17-20-9-11-23(28)12-10-20)27(22,33)18-24-25(29)7-4-8-26(24)30/h4,7-12,17,22,33H,2-3,5-6,13-16,18-19H2,1H3. The Kier molecular flexibility index (Phi) is 8.43. The molecule has 0 aromatic heterocycles. The number of halogens is 3. The topological polar surface area (TPSA) is 26.7 Å². The number of aliphatic hydroxyl groups is 1. The zero-order valence-electron chi connectivity index (χ0n) is 19.2. The highest BCUT2D eigenvalue weighted by Gasteiger charge is 2.43. The summed E-state index contributed by atoms with van der Waals surface area (Å²) in [6.45, 7) is 5.08. The maximum Gasteiger partial charge on any atom is 0.0941 e. The second-order valence-electron chi connectivity index (χ2n) is 9.57. The number of benzene rings is 2. The van der Waals surface area contributed by atoms with Crippen molar-refractivity contribution in [2.45, 2.75) is 37.7 Å². The van der Waals surface area contributed by atoms with Gasteiger partial charge in [-0.25, -0.2) is 0 Å². The third-order valence-electron chi connectivity index (χ3n) is 7.27. The zero-order valence-corrected chi connectivity index (χ0v) is 21.5. The molecule has 2 aromatic carbocycles. The predicted molar refractivity (Wildman–Crippen MR) is 140 cm³/mol. The third-order valence-corrected chi connectivity index (χ3v) is 8.23. The Morgan fingerprint density at radius 2 is 1.64 bits per heavy atom. The molecule has 2 fully saturated rings. The summed E-state index contributed by atoms with van der Waals surface area (Å²) >= 11 is 19.3. The first-order valence-electron chi connectivity index (χ1n) is 11.9. The second-order valence-corrected chi connectivity index (χ2v) is 10.8. The fraction of sp³-hybridized carbons (Fsp3) is 0.481. The fourth-order valence-corrected chi connectivity index (χ4v) is 5.85. The summed E-state index contributed by atoms with van der Waals surface area (Å²) in [7, 11) is 2.17. The van der Waals surface area contributed by atoms with Crippen LogP contribution in [0.25, 0.3) is 6.08 Å². The maximum absolute atomic E-state index is 12.5. The average molecular weight is 508 g/mol. The van der Waals surface area contributed by atoms with Crippen molar-refractivity contribution in [1.82, 2.24) is 9.80 Å². The van der Waals surface area contributed by atoms with Crippen LogP contribution in [-0.4, -0.2) is 60.3 Å². The molecule has 3 nitrogen and oxygen atoms in total. The minimum absolute atomic E-state index is 0.106. The van der Waals surface area contributed by atoms with Crippen LogP contribution in [-0.2, 0) is 6.42 Å². The average Bonchev–Trinajstić information content (AvgIpc) is 2.93. The summed E-state index contributed by atoms with van der Waals surface area (Å²) in [6.07, 6.45) is 6.60. The number of nitrogens with zero attached hydrogens (tertiary/aromatic N) is 2. The Labute approximate surface area is 212 Å². The number of hydrogen-bond donors (Lipinski definition) is 1. The largest absolute Gasteiger partial charge is 0.385 e. The number of piperazine rings is 1. The molecular formula is C27H33Cl3N2O. The molecule has 2 atom stereocenters. The van der Waals surface area contributed by atoms with Crippen LogP contribution >= 0.6 is 34.8 Å². The molecule has 1 aliphatic carbocycles. The molecule has 0 radical (unpaired) electrons.